The first kappa shape index (κ1) is 12.0. The Labute approximate surface area is 95.8 Å². The number of phenolic OH excluding ortho intramolecular Hbond substituents is 1. The molecule has 4 nitrogen and oxygen atoms in total. The second-order valence-electron chi connectivity index (χ2n) is 3.24. The van der Waals surface area contributed by atoms with Gasteiger partial charge in [0.15, 0.2) is 0 Å². The lowest BCUT2D eigenvalue weighted by Gasteiger charge is -2.14. The summed E-state index contributed by atoms with van der Waals surface area (Å²) < 4.78 is 0.680. The number of halogens is 1. The molecule has 4 N–H and O–H groups in total. The molecule has 5 heteroatoms. The molecule has 0 amide bonds. The number of carboxylic acid groups (broad SMARTS) is 1. The summed E-state index contributed by atoms with van der Waals surface area (Å²) in [5.74, 6) is -0.986. The Morgan fingerprint density at radius 3 is 2.67 bits per heavy atom. The van der Waals surface area contributed by atoms with Crippen molar-refractivity contribution in [3.63, 3.8) is 0 Å². The summed E-state index contributed by atoms with van der Waals surface area (Å²) in [4.78, 5) is 10.6. The predicted octanol–water partition coefficient (Wildman–Crippen LogP) is 1.67. The van der Waals surface area contributed by atoms with Crippen LogP contribution in [0.2, 0.25) is 0 Å². The van der Waals surface area contributed by atoms with E-state index in [1.165, 1.54) is 12.1 Å². The Kier molecular flexibility index (Phi) is 4.11. The van der Waals surface area contributed by atoms with E-state index in [1.54, 1.807) is 6.07 Å². The van der Waals surface area contributed by atoms with Gasteiger partial charge in [0, 0.05) is 10.4 Å². The van der Waals surface area contributed by atoms with Gasteiger partial charge in [-0.05, 0) is 24.2 Å². The van der Waals surface area contributed by atoms with Crippen molar-refractivity contribution in [2.24, 2.45) is 5.73 Å². The molecule has 0 aromatic heterocycles. The molecule has 15 heavy (non-hydrogen) atoms. The number of benzene rings is 1. The first-order chi connectivity index (χ1) is 7.04. The molecule has 1 atom stereocenters. The maximum atomic E-state index is 10.6. The molecule has 0 saturated carbocycles. The number of phenols is 1. The summed E-state index contributed by atoms with van der Waals surface area (Å²) in [5.41, 5.74) is 6.32. The minimum Gasteiger partial charge on any atom is -0.508 e. The van der Waals surface area contributed by atoms with Gasteiger partial charge in [-0.25, -0.2) is 0 Å². The highest BCUT2D eigenvalue weighted by molar-refractivity contribution is 9.10. The van der Waals surface area contributed by atoms with Crippen molar-refractivity contribution in [1.82, 2.24) is 0 Å². The summed E-state index contributed by atoms with van der Waals surface area (Å²) in [6.45, 7) is 0.260. The van der Waals surface area contributed by atoms with Crippen molar-refractivity contribution in [3.05, 3.63) is 28.2 Å². The Balaban J connectivity index is 2.96. The second kappa shape index (κ2) is 5.14. The van der Waals surface area contributed by atoms with Gasteiger partial charge in [0.05, 0.1) is 6.42 Å². The molecule has 1 unspecified atom stereocenters. The Bertz CT molecular complexity index is 368. The van der Waals surface area contributed by atoms with Crippen LogP contribution in [0.4, 0.5) is 0 Å². The van der Waals surface area contributed by atoms with Gasteiger partial charge in [-0.2, -0.15) is 0 Å². The van der Waals surface area contributed by atoms with Gasteiger partial charge in [-0.15, -0.1) is 0 Å². The standard InChI is InChI=1S/C10H12BrNO3/c11-9-4-7(13)1-2-8(9)6(5-12)3-10(14)15/h1-2,4,6,13H,3,5,12H2,(H,14,15). The zero-order valence-electron chi connectivity index (χ0n) is 7.98. The van der Waals surface area contributed by atoms with Gasteiger partial charge >= 0.3 is 5.97 Å². The third kappa shape index (κ3) is 3.21. The molecule has 1 rings (SSSR count). The maximum Gasteiger partial charge on any atom is 0.304 e. The summed E-state index contributed by atoms with van der Waals surface area (Å²) in [5, 5.41) is 17.9. The predicted molar refractivity (Wildman–Crippen MR) is 59.9 cm³/mol. The Hall–Kier alpha value is -1.07. The van der Waals surface area contributed by atoms with E-state index >= 15 is 0 Å². The number of aliphatic carboxylic acids is 1. The van der Waals surface area contributed by atoms with E-state index in [-0.39, 0.29) is 24.6 Å². The van der Waals surface area contributed by atoms with E-state index < -0.39 is 5.97 Å². The lowest BCUT2D eigenvalue weighted by molar-refractivity contribution is -0.137. The van der Waals surface area contributed by atoms with Crippen LogP contribution >= 0.6 is 15.9 Å². The van der Waals surface area contributed by atoms with Crippen LogP contribution in [-0.2, 0) is 4.79 Å². The Morgan fingerprint density at radius 2 is 2.20 bits per heavy atom. The fraction of sp³-hybridized carbons (Fsp3) is 0.300. The fourth-order valence-electron chi connectivity index (χ4n) is 1.38. The van der Waals surface area contributed by atoms with Crippen LogP contribution in [0.5, 0.6) is 5.75 Å². The van der Waals surface area contributed by atoms with E-state index in [0.717, 1.165) is 5.56 Å². The molecular formula is C10H12BrNO3. The monoisotopic (exact) mass is 273 g/mol. The van der Waals surface area contributed by atoms with Crippen LogP contribution in [-0.4, -0.2) is 22.7 Å². The zero-order chi connectivity index (χ0) is 11.4. The Morgan fingerprint density at radius 1 is 1.53 bits per heavy atom. The molecule has 0 radical (unpaired) electrons. The summed E-state index contributed by atoms with van der Waals surface area (Å²) in [7, 11) is 0. The number of rotatable bonds is 4. The number of aromatic hydroxyl groups is 1. The van der Waals surface area contributed by atoms with Gasteiger partial charge < -0.3 is 15.9 Å². The van der Waals surface area contributed by atoms with E-state index in [1.807, 2.05) is 0 Å². The topological polar surface area (TPSA) is 83.6 Å². The molecule has 82 valence electrons. The summed E-state index contributed by atoms with van der Waals surface area (Å²) >= 11 is 3.27. The third-order valence-electron chi connectivity index (χ3n) is 2.13. The normalized spacial score (nSPS) is 12.4. The fourth-order valence-corrected chi connectivity index (χ4v) is 2.07. The van der Waals surface area contributed by atoms with E-state index in [4.69, 9.17) is 10.8 Å². The summed E-state index contributed by atoms with van der Waals surface area (Å²) in [6, 6.07) is 4.73. The number of hydrogen-bond donors (Lipinski definition) is 3. The molecule has 0 saturated heterocycles. The molecule has 0 aliphatic heterocycles. The zero-order valence-corrected chi connectivity index (χ0v) is 9.57. The first-order valence-corrected chi connectivity index (χ1v) is 5.24. The maximum absolute atomic E-state index is 10.6. The molecular weight excluding hydrogens is 262 g/mol. The third-order valence-corrected chi connectivity index (χ3v) is 2.82. The van der Waals surface area contributed by atoms with Crippen LogP contribution in [0.25, 0.3) is 0 Å². The van der Waals surface area contributed by atoms with Crippen LogP contribution in [0.1, 0.15) is 17.9 Å². The number of hydrogen-bond acceptors (Lipinski definition) is 3. The van der Waals surface area contributed by atoms with E-state index in [9.17, 15) is 9.90 Å². The molecule has 0 fully saturated rings. The van der Waals surface area contributed by atoms with Crippen LogP contribution in [0, 0.1) is 0 Å². The first-order valence-electron chi connectivity index (χ1n) is 4.45. The van der Waals surface area contributed by atoms with Crippen LogP contribution < -0.4 is 5.73 Å². The van der Waals surface area contributed by atoms with Crippen molar-refractivity contribution < 1.29 is 15.0 Å². The van der Waals surface area contributed by atoms with Crippen molar-refractivity contribution in [2.45, 2.75) is 12.3 Å². The lowest BCUT2D eigenvalue weighted by atomic mass is 9.96. The van der Waals surface area contributed by atoms with Crippen molar-refractivity contribution in [1.29, 1.82) is 0 Å². The molecule has 1 aromatic carbocycles. The SMILES string of the molecule is NCC(CC(=O)O)c1ccc(O)cc1Br. The van der Waals surface area contributed by atoms with Crippen molar-refractivity contribution >= 4 is 21.9 Å². The number of carboxylic acids is 1. The molecule has 0 aliphatic rings. The van der Waals surface area contributed by atoms with E-state index in [2.05, 4.69) is 15.9 Å². The number of nitrogens with two attached hydrogens (primary N) is 1. The second-order valence-corrected chi connectivity index (χ2v) is 4.09. The highest BCUT2D eigenvalue weighted by Gasteiger charge is 2.16. The highest BCUT2D eigenvalue weighted by atomic mass is 79.9. The average molecular weight is 274 g/mol. The van der Waals surface area contributed by atoms with Gasteiger partial charge in [0.2, 0.25) is 0 Å². The van der Waals surface area contributed by atoms with Gasteiger partial charge in [0.1, 0.15) is 5.75 Å². The largest absolute Gasteiger partial charge is 0.508 e. The minimum atomic E-state index is -0.884. The smallest absolute Gasteiger partial charge is 0.304 e. The highest BCUT2D eigenvalue weighted by Crippen LogP contribution is 2.29. The molecule has 0 bridgehead atoms. The number of carbonyl (C=O) groups is 1. The molecule has 0 heterocycles. The van der Waals surface area contributed by atoms with Crippen molar-refractivity contribution in [2.75, 3.05) is 6.54 Å². The quantitative estimate of drug-likeness (QED) is 0.779. The van der Waals surface area contributed by atoms with Crippen LogP contribution in [0.3, 0.4) is 0 Å². The van der Waals surface area contributed by atoms with E-state index in [0.29, 0.717) is 4.47 Å². The van der Waals surface area contributed by atoms with Crippen LogP contribution in [0.15, 0.2) is 22.7 Å². The van der Waals surface area contributed by atoms with Gasteiger partial charge in [-0.1, -0.05) is 22.0 Å². The van der Waals surface area contributed by atoms with Crippen molar-refractivity contribution in [3.8, 4) is 5.75 Å². The van der Waals surface area contributed by atoms with Gasteiger partial charge in [-0.3, -0.25) is 4.79 Å². The molecule has 1 aromatic rings. The minimum absolute atomic E-state index is 0.0140. The molecule has 0 spiro atoms. The lowest BCUT2D eigenvalue weighted by Crippen LogP contribution is -2.16. The van der Waals surface area contributed by atoms with Gasteiger partial charge in [0.25, 0.3) is 0 Å². The average Bonchev–Trinajstić information content (AvgIpc) is 2.14. The molecule has 0 aliphatic carbocycles. The summed E-state index contributed by atoms with van der Waals surface area (Å²) in [6.07, 6.45) is -0.0140.